The zero-order valence-electron chi connectivity index (χ0n) is 8.81. The van der Waals surface area contributed by atoms with E-state index in [1.807, 2.05) is 4.90 Å². The molecule has 92 valence electrons. The largest absolute Gasteiger partial charge is 0.465 e. The van der Waals surface area contributed by atoms with Crippen LogP contribution in [0.25, 0.3) is 0 Å². The molecule has 1 N–H and O–H groups in total. The molecule has 0 saturated carbocycles. The van der Waals surface area contributed by atoms with Crippen LogP contribution in [0.1, 0.15) is 0 Å². The zero-order chi connectivity index (χ0) is 12.4. The van der Waals surface area contributed by atoms with Crippen LogP contribution in [0.4, 0.5) is 10.6 Å². The van der Waals surface area contributed by atoms with Crippen molar-refractivity contribution in [3.63, 3.8) is 0 Å². The molecule has 1 aromatic heterocycles. The van der Waals surface area contributed by atoms with Gasteiger partial charge in [0.05, 0.1) is 6.20 Å². The fourth-order valence-corrected chi connectivity index (χ4v) is 2.30. The van der Waals surface area contributed by atoms with Gasteiger partial charge in [-0.3, -0.25) is 0 Å². The lowest BCUT2D eigenvalue weighted by Gasteiger charge is -2.33. The number of anilines is 1. The van der Waals surface area contributed by atoms with Crippen molar-refractivity contribution in [2.24, 2.45) is 0 Å². The fourth-order valence-electron chi connectivity index (χ4n) is 1.66. The smallest absolute Gasteiger partial charge is 0.407 e. The van der Waals surface area contributed by atoms with Crippen LogP contribution in [-0.2, 0) is 0 Å². The van der Waals surface area contributed by atoms with E-state index in [-0.39, 0.29) is 0 Å². The summed E-state index contributed by atoms with van der Waals surface area (Å²) in [7, 11) is 0. The van der Waals surface area contributed by atoms with E-state index in [2.05, 4.69) is 25.9 Å². The van der Waals surface area contributed by atoms with Crippen LogP contribution in [0.2, 0.25) is 5.15 Å². The fraction of sp³-hybridized carbons (Fsp3) is 0.444. The molecule has 0 bridgehead atoms. The monoisotopic (exact) mass is 320 g/mol. The Morgan fingerprint density at radius 1 is 1.41 bits per heavy atom. The number of aromatic nitrogens is 2. The van der Waals surface area contributed by atoms with Crippen LogP contribution in [0.15, 0.2) is 10.8 Å². The average molecular weight is 322 g/mol. The number of carboxylic acid groups (broad SMARTS) is 1. The van der Waals surface area contributed by atoms with E-state index in [1.54, 1.807) is 6.20 Å². The van der Waals surface area contributed by atoms with Crippen molar-refractivity contribution in [2.75, 3.05) is 31.1 Å². The van der Waals surface area contributed by atoms with E-state index in [0.717, 1.165) is 0 Å². The summed E-state index contributed by atoms with van der Waals surface area (Å²) in [6, 6.07) is 0. The van der Waals surface area contributed by atoms with E-state index in [4.69, 9.17) is 16.7 Å². The first-order valence-electron chi connectivity index (χ1n) is 4.99. The second kappa shape index (κ2) is 5.05. The van der Waals surface area contributed by atoms with Gasteiger partial charge in [-0.25, -0.2) is 14.8 Å². The van der Waals surface area contributed by atoms with Gasteiger partial charge >= 0.3 is 6.09 Å². The predicted molar refractivity (Wildman–Crippen MR) is 66.6 cm³/mol. The normalized spacial score (nSPS) is 16.1. The molecule has 2 rings (SSSR count). The molecule has 1 aromatic rings. The van der Waals surface area contributed by atoms with Crippen LogP contribution in [-0.4, -0.2) is 52.2 Å². The van der Waals surface area contributed by atoms with Gasteiger partial charge in [-0.15, -0.1) is 0 Å². The van der Waals surface area contributed by atoms with Crippen molar-refractivity contribution >= 4 is 39.4 Å². The van der Waals surface area contributed by atoms with Crippen LogP contribution >= 0.6 is 27.5 Å². The molecule has 6 nitrogen and oxygen atoms in total. The standard InChI is InChI=1S/C9H10BrClN4O2/c10-6-5-12-8(7(11)13-6)14-1-3-15(4-2-14)9(16)17/h5H,1-4H2,(H,16,17). The highest BCUT2D eigenvalue weighted by Crippen LogP contribution is 2.23. The van der Waals surface area contributed by atoms with Gasteiger partial charge in [-0.2, -0.15) is 0 Å². The third-order valence-electron chi connectivity index (χ3n) is 2.53. The summed E-state index contributed by atoms with van der Waals surface area (Å²) in [5, 5.41) is 9.16. The van der Waals surface area contributed by atoms with Gasteiger partial charge in [0.15, 0.2) is 11.0 Å². The van der Waals surface area contributed by atoms with Gasteiger partial charge < -0.3 is 14.9 Å². The van der Waals surface area contributed by atoms with Gasteiger partial charge in [0.1, 0.15) is 4.60 Å². The molecule has 0 atom stereocenters. The molecule has 2 heterocycles. The molecule has 0 spiro atoms. The second-order valence-electron chi connectivity index (χ2n) is 3.56. The second-order valence-corrected chi connectivity index (χ2v) is 4.73. The molecular formula is C9H10BrClN4O2. The highest BCUT2D eigenvalue weighted by atomic mass is 79.9. The lowest BCUT2D eigenvalue weighted by atomic mass is 10.3. The molecule has 1 amide bonds. The van der Waals surface area contributed by atoms with Gasteiger partial charge in [-0.05, 0) is 15.9 Å². The molecular weight excluding hydrogens is 311 g/mol. The van der Waals surface area contributed by atoms with E-state index < -0.39 is 6.09 Å². The Bertz CT molecular complexity index is 437. The summed E-state index contributed by atoms with van der Waals surface area (Å²) in [4.78, 5) is 22.3. The predicted octanol–water partition coefficient (Wildman–Crippen LogP) is 1.69. The van der Waals surface area contributed by atoms with E-state index in [1.165, 1.54) is 4.90 Å². The van der Waals surface area contributed by atoms with Crippen LogP contribution < -0.4 is 4.90 Å². The summed E-state index contributed by atoms with van der Waals surface area (Å²) < 4.78 is 0.579. The number of nitrogens with zero attached hydrogens (tertiary/aromatic N) is 4. The lowest BCUT2D eigenvalue weighted by molar-refractivity contribution is 0.142. The third-order valence-corrected chi connectivity index (χ3v) is 3.17. The first-order chi connectivity index (χ1) is 8.08. The summed E-state index contributed by atoms with van der Waals surface area (Å²) in [6.07, 6.45) is 0.683. The first kappa shape index (κ1) is 12.4. The number of halogens is 2. The number of piperazine rings is 1. The molecule has 1 saturated heterocycles. The van der Waals surface area contributed by atoms with Crippen molar-refractivity contribution < 1.29 is 9.90 Å². The minimum Gasteiger partial charge on any atom is -0.465 e. The maximum absolute atomic E-state index is 10.8. The molecule has 1 fully saturated rings. The van der Waals surface area contributed by atoms with Crippen LogP contribution in [0, 0.1) is 0 Å². The number of amides is 1. The molecule has 8 heteroatoms. The molecule has 0 radical (unpaired) electrons. The SMILES string of the molecule is O=C(O)N1CCN(c2ncc(Br)nc2Cl)CC1. The van der Waals surface area contributed by atoms with Crippen LogP contribution in [0.3, 0.4) is 0 Å². The van der Waals surface area contributed by atoms with Crippen molar-refractivity contribution in [1.82, 2.24) is 14.9 Å². The Morgan fingerprint density at radius 3 is 2.59 bits per heavy atom. The molecule has 1 aliphatic rings. The minimum atomic E-state index is -0.891. The lowest BCUT2D eigenvalue weighted by Crippen LogP contribution is -2.48. The summed E-state index contributed by atoms with van der Waals surface area (Å²) >= 11 is 9.17. The molecule has 1 aliphatic heterocycles. The topological polar surface area (TPSA) is 69.6 Å². The summed E-state index contributed by atoms with van der Waals surface area (Å²) in [5.41, 5.74) is 0. The van der Waals surface area contributed by atoms with Gasteiger partial charge in [-0.1, -0.05) is 11.6 Å². The highest BCUT2D eigenvalue weighted by molar-refractivity contribution is 9.10. The van der Waals surface area contributed by atoms with E-state index in [9.17, 15) is 4.79 Å². The van der Waals surface area contributed by atoms with E-state index >= 15 is 0 Å². The van der Waals surface area contributed by atoms with E-state index in [0.29, 0.717) is 41.8 Å². The third kappa shape index (κ3) is 2.78. The Balaban J connectivity index is 2.08. The molecule has 17 heavy (non-hydrogen) atoms. The highest BCUT2D eigenvalue weighted by Gasteiger charge is 2.22. The van der Waals surface area contributed by atoms with Crippen molar-refractivity contribution in [2.45, 2.75) is 0 Å². The first-order valence-corrected chi connectivity index (χ1v) is 6.16. The quantitative estimate of drug-likeness (QED) is 0.852. The summed E-state index contributed by atoms with van der Waals surface area (Å²) in [5.74, 6) is 0.597. The van der Waals surface area contributed by atoms with Gasteiger partial charge in [0.25, 0.3) is 0 Å². The molecule has 0 unspecified atom stereocenters. The van der Waals surface area contributed by atoms with Crippen LogP contribution in [0.5, 0.6) is 0 Å². The number of hydrogen-bond acceptors (Lipinski definition) is 4. The van der Waals surface area contributed by atoms with Crippen molar-refractivity contribution in [1.29, 1.82) is 0 Å². The Hall–Kier alpha value is -1.08. The van der Waals surface area contributed by atoms with Gasteiger partial charge in [0.2, 0.25) is 0 Å². The molecule has 0 aromatic carbocycles. The zero-order valence-corrected chi connectivity index (χ0v) is 11.1. The number of rotatable bonds is 1. The number of hydrogen-bond donors (Lipinski definition) is 1. The van der Waals surface area contributed by atoms with Crippen molar-refractivity contribution in [3.8, 4) is 0 Å². The minimum absolute atomic E-state index is 0.322. The Labute approximate surface area is 111 Å². The number of carbonyl (C=O) groups is 1. The summed E-state index contributed by atoms with van der Waals surface area (Å²) in [6.45, 7) is 2.04. The Kier molecular flexibility index (Phi) is 3.68. The Morgan fingerprint density at radius 2 is 2.06 bits per heavy atom. The van der Waals surface area contributed by atoms with Gasteiger partial charge in [0, 0.05) is 26.2 Å². The maximum Gasteiger partial charge on any atom is 0.407 e. The van der Waals surface area contributed by atoms with Crippen molar-refractivity contribution in [3.05, 3.63) is 16.0 Å². The molecule has 0 aliphatic carbocycles. The average Bonchev–Trinajstić information content (AvgIpc) is 2.29. The maximum atomic E-state index is 10.8.